The van der Waals surface area contributed by atoms with E-state index in [1.54, 1.807) is 0 Å². The van der Waals surface area contributed by atoms with E-state index >= 15 is 0 Å². The molecule has 3 rings (SSSR count). The first kappa shape index (κ1) is 24.3. The van der Waals surface area contributed by atoms with E-state index in [4.69, 9.17) is 16.3 Å². The average molecular weight is 457 g/mol. The summed E-state index contributed by atoms with van der Waals surface area (Å²) >= 11 is 6.21. The molecule has 1 heterocycles. The number of nitrogens with one attached hydrogen (secondary N) is 2. The second kappa shape index (κ2) is 10.5. The average Bonchev–Trinajstić information content (AvgIpc) is 2.78. The number of carbonyl (C=O) groups is 2. The van der Waals surface area contributed by atoms with Crippen LogP contribution in [0.25, 0.3) is 0 Å². The lowest BCUT2D eigenvalue weighted by Crippen LogP contribution is -2.45. The van der Waals surface area contributed by atoms with Crippen molar-refractivity contribution in [2.45, 2.75) is 50.9 Å². The van der Waals surface area contributed by atoms with Crippen LogP contribution < -0.4 is 10.6 Å². The van der Waals surface area contributed by atoms with E-state index in [1.165, 1.54) is 5.56 Å². The van der Waals surface area contributed by atoms with Crippen LogP contribution in [0.4, 0.5) is 0 Å². The van der Waals surface area contributed by atoms with Crippen LogP contribution >= 0.6 is 11.6 Å². The lowest BCUT2D eigenvalue weighted by molar-refractivity contribution is -0.121. The van der Waals surface area contributed by atoms with E-state index in [2.05, 4.69) is 37.5 Å². The Kier molecular flexibility index (Phi) is 7.96. The summed E-state index contributed by atoms with van der Waals surface area (Å²) in [6.07, 6.45) is 1.89. The number of hydrogen-bond acceptors (Lipinski definition) is 3. The normalized spacial score (nSPS) is 15.8. The highest BCUT2D eigenvalue weighted by Gasteiger charge is 2.35. The van der Waals surface area contributed by atoms with Crippen LogP contribution in [0.15, 0.2) is 48.5 Å². The SMILES string of the molecule is CC(C)(C)c1ccc(C(=O)NCCC(=O)NCC2(c3cccc(Cl)c3)CCOCC2)cc1. The fourth-order valence-corrected chi connectivity index (χ4v) is 4.21. The number of rotatable bonds is 7. The fraction of sp³-hybridized carbons (Fsp3) is 0.462. The van der Waals surface area contributed by atoms with Gasteiger partial charge < -0.3 is 15.4 Å². The van der Waals surface area contributed by atoms with Crippen molar-refractivity contribution in [3.05, 3.63) is 70.2 Å². The maximum atomic E-state index is 12.5. The van der Waals surface area contributed by atoms with Crippen molar-refractivity contribution in [3.63, 3.8) is 0 Å². The number of amides is 2. The zero-order valence-corrected chi connectivity index (χ0v) is 19.9. The zero-order chi connectivity index (χ0) is 23.2. The molecule has 0 spiro atoms. The molecule has 1 fully saturated rings. The van der Waals surface area contributed by atoms with Crippen LogP contribution in [0.2, 0.25) is 5.02 Å². The number of halogens is 1. The van der Waals surface area contributed by atoms with Crippen molar-refractivity contribution in [2.24, 2.45) is 0 Å². The zero-order valence-electron chi connectivity index (χ0n) is 19.2. The minimum absolute atomic E-state index is 0.0417. The predicted octanol–water partition coefficient (Wildman–Crippen LogP) is 4.62. The Morgan fingerprint density at radius 2 is 1.72 bits per heavy atom. The summed E-state index contributed by atoms with van der Waals surface area (Å²) in [5.74, 6) is -0.251. The summed E-state index contributed by atoms with van der Waals surface area (Å²) in [5, 5.41) is 6.59. The van der Waals surface area contributed by atoms with Crippen LogP contribution in [0, 0.1) is 0 Å². The molecule has 2 aromatic rings. The van der Waals surface area contributed by atoms with Gasteiger partial charge in [0.05, 0.1) is 0 Å². The molecular weight excluding hydrogens is 424 g/mol. The second-order valence-electron chi connectivity index (χ2n) is 9.51. The van der Waals surface area contributed by atoms with Gasteiger partial charge >= 0.3 is 0 Å². The van der Waals surface area contributed by atoms with E-state index in [0.29, 0.717) is 36.9 Å². The van der Waals surface area contributed by atoms with Gasteiger partial charge in [0.25, 0.3) is 5.91 Å². The van der Waals surface area contributed by atoms with Gasteiger partial charge in [-0.15, -0.1) is 0 Å². The fourth-order valence-electron chi connectivity index (χ4n) is 4.02. The third-order valence-corrected chi connectivity index (χ3v) is 6.40. The lowest BCUT2D eigenvalue weighted by atomic mass is 9.74. The van der Waals surface area contributed by atoms with Gasteiger partial charge in [-0.05, 0) is 53.6 Å². The highest BCUT2D eigenvalue weighted by molar-refractivity contribution is 6.30. The smallest absolute Gasteiger partial charge is 0.251 e. The summed E-state index contributed by atoms with van der Waals surface area (Å²) in [7, 11) is 0. The lowest BCUT2D eigenvalue weighted by Gasteiger charge is -2.38. The molecule has 0 aromatic heterocycles. The van der Waals surface area contributed by atoms with Gasteiger partial charge in [-0.2, -0.15) is 0 Å². The molecule has 32 heavy (non-hydrogen) atoms. The van der Waals surface area contributed by atoms with Gasteiger partial charge in [0.2, 0.25) is 5.91 Å². The van der Waals surface area contributed by atoms with Crippen molar-refractivity contribution in [3.8, 4) is 0 Å². The molecule has 0 radical (unpaired) electrons. The Balaban J connectivity index is 1.50. The standard InChI is InChI=1S/C26H33ClN2O3/c1-25(2,3)20-9-7-19(8-10-20)24(31)28-14-11-23(30)29-18-26(12-15-32-16-13-26)21-5-4-6-22(27)17-21/h4-10,17H,11-16,18H2,1-3H3,(H,28,31)(H,29,30). The molecule has 2 N–H and O–H groups in total. The number of benzene rings is 2. The first-order valence-corrected chi connectivity index (χ1v) is 11.6. The van der Waals surface area contributed by atoms with Crippen LogP contribution in [0.3, 0.4) is 0 Å². The van der Waals surface area contributed by atoms with Gasteiger partial charge in [-0.25, -0.2) is 0 Å². The Morgan fingerprint density at radius 3 is 2.34 bits per heavy atom. The van der Waals surface area contributed by atoms with Crippen molar-refractivity contribution < 1.29 is 14.3 Å². The molecule has 172 valence electrons. The first-order valence-electron chi connectivity index (χ1n) is 11.2. The molecule has 0 saturated carbocycles. The maximum absolute atomic E-state index is 12.5. The molecule has 1 saturated heterocycles. The molecule has 6 heteroatoms. The monoisotopic (exact) mass is 456 g/mol. The molecule has 1 aliphatic rings. The van der Waals surface area contributed by atoms with Gasteiger partial charge in [0, 0.05) is 48.7 Å². The van der Waals surface area contributed by atoms with E-state index in [1.807, 2.05) is 42.5 Å². The summed E-state index contributed by atoms with van der Waals surface area (Å²) in [5.41, 5.74) is 2.76. The third kappa shape index (κ3) is 6.33. The molecule has 2 amide bonds. The third-order valence-electron chi connectivity index (χ3n) is 6.16. The molecule has 2 aromatic carbocycles. The highest BCUT2D eigenvalue weighted by Crippen LogP contribution is 2.35. The number of ether oxygens (including phenoxy) is 1. The Labute approximate surface area is 195 Å². The molecule has 1 aliphatic heterocycles. The molecular formula is C26H33ClN2O3. The predicted molar refractivity (Wildman–Crippen MR) is 128 cm³/mol. The van der Waals surface area contributed by atoms with Gasteiger partial charge in [0.15, 0.2) is 0 Å². The van der Waals surface area contributed by atoms with Crippen molar-refractivity contribution in [1.82, 2.24) is 10.6 Å². The van der Waals surface area contributed by atoms with E-state index in [-0.39, 0.29) is 29.1 Å². The molecule has 0 unspecified atom stereocenters. The van der Waals surface area contributed by atoms with Crippen LogP contribution in [-0.4, -0.2) is 38.1 Å². The molecule has 0 bridgehead atoms. The maximum Gasteiger partial charge on any atom is 0.251 e. The van der Waals surface area contributed by atoms with Crippen LogP contribution in [0.5, 0.6) is 0 Å². The van der Waals surface area contributed by atoms with Crippen LogP contribution in [0.1, 0.15) is 61.5 Å². The van der Waals surface area contributed by atoms with E-state index in [9.17, 15) is 9.59 Å². The van der Waals surface area contributed by atoms with Crippen molar-refractivity contribution in [2.75, 3.05) is 26.3 Å². The summed E-state index contributed by atoms with van der Waals surface area (Å²) < 4.78 is 5.55. The molecule has 0 aliphatic carbocycles. The molecule has 5 nitrogen and oxygen atoms in total. The van der Waals surface area contributed by atoms with Gasteiger partial charge in [0.1, 0.15) is 0 Å². The Hall–Kier alpha value is -2.37. The number of carbonyl (C=O) groups excluding carboxylic acids is 2. The first-order chi connectivity index (χ1) is 15.2. The minimum atomic E-state index is -0.184. The second-order valence-corrected chi connectivity index (χ2v) is 9.95. The largest absolute Gasteiger partial charge is 0.381 e. The van der Waals surface area contributed by atoms with E-state index < -0.39 is 0 Å². The van der Waals surface area contributed by atoms with Gasteiger partial charge in [-0.1, -0.05) is 56.6 Å². The molecule has 0 atom stereocenters. The minimum Gasteiger partial charge on any atom is -0.381 e. The van der Waals surface area contributed by atoms with Crippen molar-refractivity contribution in [1.29, 1.82) is 0 Å². The quantitative estimate of drug-likeness (QED) is 0.638. The van der Waals surface area contributed by atoms with Gasteiger partial charge in [-0.3, -0.25) is 9.59 Å². The summed E-state index contributed by atoms with van der Waals surface area (Å²) in [4.78, 5) is 24.9. The topological polar surface area (TPSA) is 67.4 Å². The summed E-state index contributed by atoms with van der Waals surface area (Å²) in [6, 6.07) is 15.5. The summed E-state index contributed by atoms with van der Waals surface area (Å²) in [6.45, 7) is 8.54. The Bertz CT molecular complexity index is 929. The number of hydrogen-bond donors (Lipinski definition) is 2. The Morgan fingerprint density at radius 1 is 1.03 bits per heavy atom. The highest BCUT2D eigenvalue weighted by atomic mass is 35.5. The van der Waals surface area contributed by atoms with E-state index in [0.717, 1.165) is 18.4 Å². The van der Waals surface area contributed by atoms with Crippen molar-refractivity contribution >= 4 is 23.4 Å². The van der Waals surface area contributed by atoms with Crippen LogP contribution in [-0.2, 0) is 20.4 Å².